The predicted octanol–water partition coefficient (Wildman–Crippen LogP) is 2.78. The minimum Gasteiger partial charge on any atom is -0.247 e. The van der Waals surface area contributed by atoms with Crippen LogP contribution in [0.15, 0.2) is 0 Å². The molecule has 0 unspecified atom stereocenters. The average molecular weight is 130 g/mol. The van der Waals surface area contributed by atoms with Crippen molar-refractivity contribution in [2.45, 2.75) is 39.3 Å². The molecular formula is C8H15F. The Bertz CT molecular complexity index is 88.6. The first-order valence-electron chi connectivity index (χ1n) is 3.84. The summed E-state index contributed by atoms with van der Waals surface area (Å²) < 4.78 is 12.5. The second-order valence-electron chi connectivity index (χ2n) is 3.41. The Morgan fingerprint density at radius 2 is 2.00 bits per heavy atom. The average Bonchev–Trinajstić information content (AvgIpc) is 2.14. The lowest BCUT2D eigenvalue weighted by Gasteiger charge is -2.11. The molecule has 1 aliphatic rings. The lowest BCUT2D eigenvalue weighted by Crippen LogP contribution is -2.03. The molecular weight excluding hydrogens is 115 g/mol. The molecule has 0 heterocycles. The molecule has 0 aromatic heterocycles. The fourth-order valence-corrected chi connectivity index (χ4v) is 1.56. The first kappa shape index (κ1) is 7.04. The van der Waals surface area contributed by atoms with E-state index in [0.717, 1.165) is 19.3 Å². The highest BCUT2D eigenvalue weighted by atomic mass is 19.1. The fourth-order valence-electron chi connectivity index (χ4n) is 1.56. The van der Waals surface area contributed by atoms with E-state index in [1.807, 2.05) is 0 Å². The Balaban J connectivity index is 2.30. The first-order chi connectivity index (χ1) is 4.20. The van der Waals surface area contributed by atoms with Crippen LogP contribution in [0.2, 0.25) is 0 Å². The molecule has 1 aliphatic carbocycles. The molecule has 0 radical (unpaired) electrons. The molecule has 1 saturated carbocycles. The van der Waals surface area contributed by atoms with E-state index < -0.39 is 6.17 Å². The van der Waals surface area contributed by atoms with Crippen molar-refractivity contribution >= 4 is 0 Å². The number of rotatable bonds is 1. The monoisotopic (exact) mass is 130 g/mol. The molecule has 2 atom stereocenters. The zero-order valence-corrected chi connectivity index (χ0v) is 6.23. The molecule has 1 heteroatoms. The molecule has 9 heavy (non-hydrogen) atoms. The second-order valence-corrected chi connectivity index (χ2v) is 3.41. The van der Waals surface area contributed by atoms with Gasteiger partial charge in [0.1, 0.15) is 6.17 Å². The van der Waals surface area contributed by atoms with Gasteiger partial charge in [-0.3, -0.25) is 0 Å². The SMILES string of the molecule is CC(C)[C@H]1CC[C@@H](F)C1. The summed E-state index contributed by atoms with van der Waals surface area (Å²) >= 11 is 0. The Morgan fingerprint density at radius 1 is 1.33 bits per heavy atom. The van der Waals surface area contributed by atoms with Gasteiger partial charge >= 0.3 is 0 Å². The van der Waals surface area contributed by atoms with Gasteiger partial charge in [0.15, 0.2) is 0 Å². The molecule has 0 amide bonds. The van der Waals surface area contributed by atoms with Crippen molar-refractivity contribution in [3.05, 3.63) is 0 Å². The van der Waals surface area contributed by atoms with Gasteiger partial charge in [-0.25, -0.2) is 4.39 Å². The maximum atomic E-state index is 12.5. The van der Waals surface area contributed by atoms with Crippen molar-refractivity contribution in [3.63, 3.8) is 0 Å². The molecule has 54 valence electrons. The molecule has 0 aliphatic heterocycles. The molecule has 0 aromatic rings. The zero-order valence-electron chi connectivity index (χ0n) is 6.23. The van der Waals surface area contributed by atoms with Gasteiger partial charge in [0.2, 0.25) is 0 Å². The van der Waals surface area contributed by atoms with Crippen molar-refractivity contribution in [2.75, 3.05) is 0 Å². The number of halogens is 1. The molecule has 1 rings (SSSR count). The quantitative estimate of drug-likeness (QED) is 0.512. The molecule has 0 spiro atoms. The topological polar surface area (TPSA) is 0 Å². The van der Waals surface area contributed by atoms with E-state index in [0.29, 0.717) is 11.8 Å². The standard InChI is InChI=1S/C8H15F/c1-6(2)7-3-4-8(9)5-7/h6-8H,3-5H2,1-2H3/t7-,8+/m0/s1. The minimum atomic E-state index is -0.489. The molecule has 0 bridgehead atoms. The highest BCUT2D eigenvalue weighted by Crippen LogP contribution is 2.32. The van der Waals surface area contributed by atoms with E-state index >= 15 is 0 Å². The lowest BCUT2D eigenvalue weighted by atomic mass is 9.95. The van der Waals surface area contributed by atoms with Crippen molar-refractivity contribution in [2.24, 2.45) is 11.8 Å². The van der Waals surface area contributed by atoms with Gasteiger partial charge in [0.05, 0.1) is 0 Å². The summed E-state index contributed by atoms with van der Waals surface area (Å²) in [6.45, 7) is 4.37. The molecule has 0 saturated heterocycles. The van der Waals surface area contributed by atoms with Gasteiger partial charge < -0.3 is 0 Å². The van der Waals surface area contributed by atoms with Crippen LogP contribution in [-0.2, 0) is 0 Å². The van der Waals surface area contributed by atoms with Crippen molar-refractivity contribution in [3.8, 4) is 0 Å². The molecule has 0 nitrogen and oxygen atoms in total. The maximum absolute atomic E-state index is 12.5. The summed E-state index contributed by atoms with van der Waals surface area (Å²) in [5.41, 5.74) is 0. The van der Waals surface area contributed by atoms with Gasteiger partial charge in [0.25, 0.3) is 0 Å². The van der Waals surface area contributed by atoms with Crippen LogP contribution in [0.4, 0.5) is 4.39 Å². The number of alkyl halides is 1. The summed E-state index contributed by atoms with van der Waals surface area (Å²) in [6.07, 6.45) is 2.25. The zero-order chi connectivity index (χ0) is 6.85. The molecule has 0 aromatic carbocycles. The summed E-state index contributed by atoms with van der Waals surface area (Å²) in [5.74, 6) is 1.35. The first-order valence-corrected chi connectivity index (χ1v) is 3.84. The van der Waals surface area contributed by atoms with Crippen LogP contribution in [0.25, 0.3) is 0 Å². The van der Waals surface area contributed by atoms with Gasteiger partial charge in [0, 0.05) is 0 Å². The van der Waals surface area contributed by atoms with Crippen LogP contribution >= 0.6 is 0 Å². The van der Waals surface area contributed by atoms with Crippen LogP contribution in [0, 0.1) is 11.8 Å². The summed E-state index contributed by atoms with van der Waals surface area (Å²) in [5, 5.41) is 0. The van der Waals surface area contributed by atoms with Crippen LogP contribution in [0.3, 0.4) is 0 Å². The van der Waals surface area contributed by atoms with Gasteiger partial charge in [-0.2, -0.15) is 0 Å². The van der Waals surface area contributed by atoms with Crippen molar-refractivity contribution < 1.29 is 4.39 Å². The smallest absolute Gasteiger partial charge is 0.100 e. The second kappa shape index (κ2) is 2.68. The summed E-state index contributed by atoms with van der Waals surface area (Å²) in [4.78, 5) is 0. The van der Waals surface area contributed by atoms with E-state index in [4.69, 9.17) is 0 Å². The van der Waals surface area contributed by atoms with Crippen LogP contribution in [0.1, 0.15) is 33.1 Å². The minimum absolute atomic E-state index is 0.489. The van der Waals surface area contributed by atoms with Gasteiger partial charge in [-0.05, 0) is 31.1 Å². The Kier molecular flexibility index (Phi) is 2.09. The Morgan fingerprint density at radius 3 is 2.22 bits per heavy atom. The van der Waals surface area contributed by atoms with Gasteiger partial charge in [-0.1, -0.05) is 13.8 Å². The van der Waals surface area contributed by atoms with E-state index in [9.17, 15) is 4.39 Å². The van der Waals surface area contributed by atoms with E-state index in [1.54, 1.807) is 0 Å². The third kappa shape index (κ3) is 1.67. The fraction of sp³-hybridized carbons (Fsp3) is 1.00. The molecule has 0 N–H and O–H groups in total. The number of hydrogen-bond acceptors (Lipinski definition) is 0. The molecule has 1 fully saturated rings. The number of hydrogen-bond donors (Lipinski definition) is 0. The van der Waals surface area contributed by atoms with Crippen molar-refractivity contribution in [1.82, 2.24) is 0 Å². The van der Waals surface area contributed by atoms with E-state index in [1.165, 1.54) is 0 Å². The third-order valence-corrected chi connectivity index (χ3v) is 2.35. The normalized spacial score (nSPS) is 36.0. The Labute approximate surface area is 56.5 Å². The van der Waals surface area contributed by atoms with E-state index in [-0.39, 0.29) is 0 Å². The largest absolute Gasteiger partial charge is 0.247 e. The predicted molar refractivity (Wildman–Crippen MR) is 37.1 cm³/mol. The lowest BCUT2D eigenvalue weighted by molar-refractivity contribution is 0.310. The van der Waals surface area contributed by atoms with Crippen molar-refractivity contribution in [1.29, 1.82) is 0 Å². The summed E-state index contributed by atoms with van der Waals surface area (Å²) in [7, 11) is 0. The van der Waals surface area contributed by atoms with E-state index in [2.05, 4.69) is 13.8 Å². The van der Waals surface area contributed by atoms with Crippen LogP contribution in [-0.4, -0.2) is 6.17 Å². The highest BCUT2D eigenvalue weighted by Gasteiger charge is 2.25. The summed E-state index contributed by atoms with van der Waals surface area (Å²) in [6, 6.07) is 0. The van der Waals surface area contributed by atoms with Crippen LogP contribution in [0.5, 0.6) is 0 Å². The third-order valence-electron chi connectivity index (χ3n) is 2.35. The maximum Gasteiger partial charge on any atom is 0.100 e. The van der Waals surface area contributed by atoms with Gasteiger partial charge in [-0.15, -0.1) is 0 Å². The highest BCUT2D eigenvalue weighted by molar-refractivity contribution is 4.76. The van der Waals surface area contributed by atoms with Crippen LogP contribution < -0.4 is 0 Å². The Hall–Kier alpha value is -0.0700.